The van der Waals surface area contributed by atoms with Gasteiger partial charge in [0.05, 0.1) is 25.5 Å². The molecule has 3 aromatic rings. The summed E-state index contributed by atoms with van der Waals surface area (Å²) >= 11 is 0. The number of halogens is 2. The van der Waals surface area contributed by atoms with Crippen LogP contribution in [0, 0.1) is 19.7 Å². The molecule has 0 radical (unpaired) electrons. The zero-order valence-corrected chi connectivity index (χ0v) is 17.6. The fourth-order valence-corrected chi connectivity index (χ4v) is 4.50. The van der Waals surface area contributed by atoms with Crippen molar-refractivity contribution in [3.05, 3.63) is 34.9 Å². The Morgan fingerprint density at radius 2 is 1.84 bits per heavy atom. The second-order valence-corrected chi connectivity index (χ2v) is 8.09. The third-order valence-electron chi connectivity index (χ3n) is 6.11. The Hall–Kier alpha value is -2.65. The van der Waals surface area contributed by atoms with E-state index in [1.807, 2.05) is 6.92 Å². The standard InChI is InChI=1S/C22H24F2N4O3/c1-13-16-11-15(3-6-23)12-17(24)19(16)26-20(18(13)21-25-14(2)27-31-21)28-7-4-22(5-8-28)29-9-10-30-22/h11-12H,3-10H2,1-2H3. The topological polar surface area (TPSA) is 73.5 Å². The minimum absolute atomic E-state index is 0.150. The quantitative estimate of drug-likeness (QED) is 0.622. The molecule has 2 aliphatic heterocycles. The van der Waals surface area contributed by atoms with Crippen molar-refractivity contribution < 1.29 is 22.8 Å². The smallest absolute Gasteiger partial charge is 0.261 e. The molecule has 31 heavy (non-hydrogen) atoms. The molecule has 2 saturated heterocycles. The molecule has 2 aromatic heterocycles. The number of pyridine rings is 1. The largest absolute Gasteiger partial charge is 0.356 e. The minimum atomic E-state index is -0.551. The number of benzene rings is 1. The number of alkyl halides is 1. The molecule has 5 rings (SSSR count). The summed E-state index contributed by atoms with van der Waals surface area (Å²) in [6.45, 7) is 5.56. The van der Waals surface area contributed by atoms with Crippen molar-refractivity contribution in [2.45, 2.75) is 38.9 Å². The highest BCUT2D eigenvalue weighted by Crippen LogP contribution is 2.40. The maximum Gasteiger partial charge on any atom is 0.261 e. The number of nitrogens with zero attached hydrogens (tertiary/aromatic N) is 4. The number of aryl methyl sites for hydroxylation is 3. The van der Waals surface area contributed by atoms with Crippen molar-refractivity contribution in [3.63, 3.8) is 0 Å². The normalized spacial score (nSPS) is 18.4. The number of piperidine rings is 1. The Labute approximate surface area is 178 Å². The molecule has 0 atom stereocenters. The lowest BCUT2D eigenvalue weighted by Gasteiger charge is -2.38. The molecule has 4 heterocycles. The summed E-state index contributed by atoms with van der Waals surface area (Å²) in [6.07, 6.45) is 1.52. The second kappa shape index (κ2) is 7.80. The van der Waals surface area contributed by atoms with Crippen LogP contribution < -0.4 is 4.90 Å². The van der Waals surface area contributed by atoms with Gasteiger partial charge in [0.2, 0.25) is 0 Å². The first-order valence-electron chi connectivity index (χ1n) is 10.5. The summed E-state index contributed by atoms with van der Waals surface area (Å²) in [5, 5.41) is 4.55. The van der Waals surface area contributed by atoms with Crippen LogP contribution in [0.25, 0.3) is 22.4 Å². The summed E-state index contributed by atoms with van der Waals surface area (Å²) in [6, 6.07) is 3.16. The highest BCUT2D eigenvalue weighted by Gasteiger charge is 2.41. The van der Waals surface area contributed by atoms with Gasteiger partial charge in [-0.3, -0.25) is 4.39 Å². The summed E-state index contributed by atoms with van der Waals surface area (Å²) < 4.78 is 45.0. The van der Waals surface area contributed by atoms with Crippen LogP contribution in [-0.2, 0) is 15.9 Å². The molecule has 164 valence electrons. The van der Waals surface area contributed by atoms with Crippen molar-refractivity contribution in [2.24, 2.45) is 0 Å². The first-order valence-corrected chi connectivity index (χ1v) is 10.5. The van der Waals surface area contributed by atoms with Gasteiger partial charge in [-0.05, 0) is 37.1 Å². The van der Waals surface area contributed by atoms with Gasteiger partial charge in [-0.25, -0.2) is 9.37 Å². The molecule has 0 saturated carbocycles. The Balaban J connectivity index is 1.64. The fourth-order valence-electron chi connectivity index (χ4n) is 4.50. The predicted octanol–water partition coefficient (Wildman–Crippen LogP) is 3.90. The first-order chi connectivity index (χ1) is 15.0. The van der Waals surface area contributed by atoms with Crippen LogP contribution in [0.4, 0.5) is 14.6 Å². The number of anilines is 1. The molecule has 2 fully saturated rings. The third-order valence-corrected chi connectivity index (χ3v) is 6.11. The zero-order chi connectivity index (χ0) is 21.6. The molecule has 0 aliphatic carbocycles. The Morgan fingerprint density at radius 1 is 1.10 bits per heavy atom. The summed E-state index contributed by atoms with van der Waals surface area (Å²) in [5.41, 5.74) is 2.29. The van der Waals surface area contributed by atoms with Crippen LogP contribution in [0.3, 0.4) is 0 Å². The van der Waals surface area contributed by atoms with Gasteiger partial charge in [-0.2, -0.15) is 4.98 Å². The summed E-state index contributed by atoms with van der Waals surface area (Å²) in [4.78, 5) is 11.2. The van der Waals surface area contributed by atoms with E-state index < -0.39 is 18.3 Å². The minimum Gasteiger partial charge on any atom is -0.356 e. The number of aromatic nitrogens is 3. The zero-order valence-electron chi connectivity index (χ0n) is 17.6. The lowest BCUT2D eigenvalue weighted by Crippen LogP contribution is -2.45. The van der Waals surface area contributed by atoms with E-state index in [2.05, 4.69) is 15.0 Å². The van der Waals surface area contributed by atoms with Gasteiger partial charge in [0.15, 0.2) is 11.6 Å². The summed E-state index contributed by atoms with van der Waals surface area (Å²) in [5.74, 6) is 0.441. The van der Waals surface area contributed by atoms with Crippen molar-refractivity contribution in [1.29, 1.82) is 0 Å². The first kappa shape index (κ1) is 20.3. The Bertz CT molecular complexity index is 1120. The number of hydrogen-bond acceptors (Lipinski definition) is 7. The molecule has 9 heteroatoms. The average Bonchev–Trinajstić information content (AvgIpc) is 3.39. The number of rotatable bonds is 4. The van der Waals surface area contributed by atoms with E-state index in [9.17, 15) is 8.78 Å². The van der Waals surface area contributed by atoms with Crippen molar-refractivity contribution in [3.8, 4) is 11.5 Å². The molecule has 2 aliphatic rings. The SMILES string of the molecule is Cc1noc(-c2c(N3CCC4(CC3)OCCO4)nc3c(F)cc(CCF)cc3c2C)n1. The van der Waals surface area contributed by atoms with Gasteiger partial charge in [0.25, 0.3) is 5.89 Å². The Kier molecular flexibility index (Phi) is 5.10. The number of fused-ring (bicyclic) bond motifs is 1. The fraction of sp³-hybridized carbons (Fsp3) is 0.500. The lowest BCUT2D eigenvalue weighted by molar-refractivity contribution is -0.169. The summed E-state index contributed by atoms with van der Waals surface area (Å²) in [7, 11) is 0. The van der Waals surface area contributed by atoms with Crippen LogP contribution in [0.1, 0.15) is 29.8 Å². The van der Waals surface area contributed by atoms with Crippen LogP contribution >= 0.6 is 0 Å². The molecule has 0 N–H and O–H groups in total. The van der Waals surface area contributed by atoms with E-state index in [1.54, 1.807) is 13.0 Å². The van der Waals surface area contributed by atoms with Crippen molar-refractivity contribution >= 4 is 16.7 Å². The van der Waals surface area contributed by atoms with E-state index in [1.165, 1.54) is 6.07 Å². The van der Waals surface area contributed by atoms with Crippen LogP contribution in [-0.4, -0.2) is 53.9 Å². The van der Waals surface area contributed by atoms with E-state index in [-0.39, 0.29) is 11.9 Å². The predicted molar refractivity (Wildman–Crippen MR) is 110 cm³/mol. The lowest BCUT2D eigenvalue weighted by atomic mass is 9.98. The third kappa shape index (κ3) is 3.55. The highest BCUT2D eigenvalue weighted by molar-refractivity contribution is 5.93. The molecule has 0 bridgehead atoms. The molecular weight excluding hydrogens is 406 g/mol. The molecule has 7 nitrogen and oxygen atoms in total. The van der Waals surface area contributed by atoms with Gasteiger partial charge in [-0.15, -0.1) is 0 Å². The van der Waals surface area contributed by atoms with Crippen LogP contribution in [0.5, 0.6) is 0 Å². The molecule has 1 aromatic carbocycles. The van der Waals surface area contributed by atoms with E-state index in [0.29, 0.717) is 73.2 Å². The highest BCUT2D eigenvalue weighted by atomic mass is 19.1. The maximum atomic E-state index is 15.0. The molecule has 0 amide bonds. The van der Waals surface area contributed by atoms with Gasteiger partial charge in [0.1, 0.15) is 17.2 Å². The van der Waals surface area contributed by atoms with Gasteiger partial charge in [-0.1, -0.05) is 5.16 Å². The maximum absolute atomic E-state index is 15.0. The molecule has 0 unspecified atom stereocenters. The van der Waals surface area contributed by atoms with Gasteiger partial charge >= 0.3 is 0 Å². The van der Waals surface area contributed by atoms with E-state index >= 15 is 0 Å². The number of hydrogen-bond donors (Lipinski definition) is 0. The monoisotopic (exact) mass is 430 g/mol. The van der Waals surface area contributed by atoms with Gasteiger partial charge in [0, 0.05) is 37.7 Å². The van der Waals surface area contributed by atoms with Crippen molar-refractivity contribution in [2.75, 3.05) is 37.9 Å². The van der Waals surface area contributed by atoms with Crippen LogP contribution in [0.15, 0.2) is 16.7 Å². The van der Waals surface area contributed by atoms with E-state index in [0.717, 1.165) is 5.56 Å². The second-order valence-electron chi connectivity index (χ2n) is 8.09. The molecule has 1 spiro atoms. The average molecular weight is 430 g/mol. The number of ether oxygens (including phenoxy) is 2. The molecular formula is C22H24F2N4O3. The van der Waals surface area contributed by atoms with Crippen LogP contribution in [0.2, 0.25) is 0 Å². The van der Waals surface area contributed by atoms with Gasteiger partial charge < -0.3 is 18.9 Å². The van der Waals surface area contributed by atoms with Crippen molar-refractivity contribution in [1.82, 2.24) is 15.1 Å². The Morgan fingerprint density at radius 3 is 2.48 bits per heavy atom. The van der Waals surface area contributed by atoms with E-state index in [4.69, 9.17) is 19.0 Å².